The van der Waals surface area contributed by atoms with Crippen molar-refractivity contribution in [2.45, 2.75) is 0 Å². The van der Waals surface area contributed by atoms with E-state index >= 15 is 0 Å². The molecule has 0 atom stereocenters. The summed E-state index contributed by atoms with van der Waals surface area (Å²) in [6, 6.07) is 21.0. The number of benzene rings is 2. The Bertz CT molecular complexity index is 884. The van der Waals surface area contributed by atoms with E-state index in [2.05, 4.69) is 135 Å². The van der Waals surface area contributed by atoms with Gasteiger partial charge in [-0.05, 0) is 36.8 Å². The first kappa shape index (κ1) is 25.0. The van der Waals surface area contributed by atoms with Gasteiger partial charge in [0, 0.05) is 35.5 Å². The maximum absolute atomic E-state index is 4.93. The average Bonchev–Trinajstić information content (AvgIpc) is 3.51. The standard InChI is InChI=1S/2C15H11.2ClH.Zr/c2*1-2-6-12(7-3-1)15-11-10-13-8-4-5-9-14(13)15;;;/h2*1-11H;2*1H;/q;;;;+4/p-2. The van der Waals surface area contributed by atoms with Crippen LogP contribution in [0.5, 0.6) is 0 Å². The van der Waals surface area contributed by atoms with E-state index in [9.17, 15) is 0 Å². The number of hydrogen-bond donors (Lipinski definition) is 0. The molecule has 158 valence electrons. The van der Waals surface area contributed by atoms with Crippen molar-refractivity contribution in [2.75, 3.05) is 0 Å². The monoisotopic (exact) mass is 542 g/mol. The molecule has 0 saturated heterocycles. The van der Waals surface area contributed by atoms with Crippen molar-refractivity contribution in [3.05, 3.63) is 182 Å². The molecule has 0 aliphatic heterocycles. The Morgan fingerprint density at radius 1 is 0.424 bits per heavy atom. The summed E-state index contributed by atoms with van der Waals surface area (Å²) in [5, 5.41) is 0. The molecule has 0 heterocycles. The Kier molecular flexibility index (Phi) is 9.90. The summed E-state index contributed by atoms with van der Waals surface area (Å²) >= 11 is -0.826. The van der Waals surface area contributed by atoms with Crippen LogP contribution in [0.1, 0.15) is 11.1 Å². The van der Waals surface area contributed by atoms with E-state index in [-0.39, 0.29) is 0 Å². The number of rotatable bonds is 2. The fraction of sp³-hybridized carbons (Fsp3) is 0. The van der Waals surface area contributed by atoms with Crippen molar-refractivity contribution in [2.24, 2.45) is 0 Å². The molecule has 6 rings (SSSR count). The van der Waals surface area contributed by atoms with Gasteiger partial charge in [0.15, 0.2) is 0 Å². The van der Waals surface area contributed by atoms with Crippen molar-refractivity contribution in [1.29, 1.82) is 0 Å². The molecule has 0 amide bonds. The molecule has 2 fully saturated rings. The molecular formula is C30H22Cl2Zr+2. The fourth-order valence-corrected chi connectivity index (χ4v) is 4.04. The van der Waals surface area contributed by atoms with Gasteiger partial charge in [-0.2, -0.15) is 0 Å². The molecule has 33 heavy (non-hydrogen) atoms. The van der Waals surface area contributed by atoms with Gasteiger partial charge in [0.25, 0.3) is 0 Å². The molecule has 3 heteroatoms. The van der Waals surface area contributed by atoms with Crippen LogP contribution in [0.2, 0.25) is 0 Å². The first-order chi connectivity index (χ1) is 16.3. The zero-order valence-corrected chi connectivity index (χ0v) is 21.9. The van der Waals surface area contributed by atoms with Crippen LogP contribution < -0.4 is 0 Å². The quantitative estimate of drug-likeness (QED) is 0.360. The third-order valence-electron chi connectivity index (χ3n) is 5.53. The van der Waals surface area contributed by atoms with E-state index in [1.54, 1.807) is 0 Å². The van der Waals surface area contributed by atoms with Gasteiger partial charge in [-0.3, -0.25) is 0 Å². The predicted octanol–water partition coefficient (Wildman–Crippen LogP) is 7.99. The molecule has 0 unspecified atom stereocenters. The summed E-state index contributed by atoms with van der Waals surface area (Å²) < 4.78 is 0. The van der Waals surface area contributed by atoms with Crippen LogP contribution in [0.4, 0.5) is 0 Å². The molecule has 4 aliphatic carbocycles. The number of allylic oxidation sites excluding steroid dienone is 8. The second-order valence-corrected chi connectivity index (χ2v) is 11.2. The second kappa shape index (κ2) is 13.1. The molecule has 2 aromatic rings. The molecule has 4 aliphatic rings. The molecule has 0 spiro atoms. The van der Waals surface area contributed by atoms with Crippen molar-refractivity contribution in [3.63, 3.8) is 0 Å². The van der Waals surface area contributed by atoms with Crippen molar-refractivity contribution < 1.29 is 20.8 Å². The average molecular weight is 545 g/mol. The SMILES string of the molecule is [CH]1[CH][C](c2ccccc2)[C]2C=CC=C[C]12.[CH]1[CH][C](c2ccccc2)[C]2C=CC=C[C]12.[Cl][Zr+2][Cl]. The molecule has 10 radical (unpaired) electrons. The summed E-state index contributed by atoms with van der Waals surface area (Å²) in [7, 11) is 9.87. The molecule has 0 aromatic heterocycles. The van der Waals surface area contributed by atoms with Gasteiger partial charge in [-0.15, -0.1) is 0 Å². The molecule has 0 bridgehead atoms. The van der Waals surface area contributed by atoms with Gasteiger partial charge in [0.05, 0.1) is 0 Å². The maximum atomic E-state index is 4.93. The topological polar surface area (TPSA) is 0 Å². The van der Waals surface area contributed by atoms with Gasteiger partial charge in [-0.25, -0.2) is 0 Å². The Hall–Kier alpha value is -1.14. The van der Waals surface area contributed by atoms with Gasteiger partial charge >= 0.3 is 37.9 Å². The van der Waals surface area contributed by atoms with Crippen molar-refractivity contribution >= 4 is 17.0 Å². The van der Waals surface area contributed by atoms with E-state index in [0.29, 0.717) is 0 Å². The van der Waals surface area contributed by atoms with Crippen LogP contribution >= 0.6 is 17.0 Å². The second-order valence-electron chi connectivity index (χ2n) is 7.47. The van der Waals surface area contributed by atoms with Crippen LogP contribution in [0.15, 0.2) is 109 Å². The Morgan fingerprint density at radius 2 is 0.788 bits per heavy atom. The van der Waals surface area contributed by atoms with Crippen molar-refractivity contribution in [3.8, 4) is 0 Å². The van der Waals surface area contributed by atoms with Gasteiger partial charge < -0.3 is 0 Å². The van der Waals surface area contributed by atoms with E-state index in [0.717, 1.165) is 0 Å². The van der Waals surface area contributed by atoms with Crippen LogP contribution in [-0.4, -0.2) is 0 Å². The van der Waals surface area contributed by atoms with Gasteiger partial charge in [0.2, 0.25) is 0 Å². The van der Waals surface area contributed by atoms with Crippen LogP contribution in [0.25, 0.3) is 0 Å². The van der Waals surface area contributed by atoms with Crippen molar-refractivity contribution in [1.82, 2.24) is 0 Å². The first-order valence-corrected chi connectivity index (χ1v) is 17.0. The van der Waals surface area contributed by atoms with Crippen LogP contribution in [0, 0.1) is 61.2 Å². The fourth-order valence-electron chi connectivity index (χ4n) is 4.04. The number of hydrogen-bond acceptors (Lipinski definition) is 0. The number of fused-ring (bicyclic) bond motifs is 2. The van der Waals surface area contributed by atoms with E-state index < -0.39 is 20.8 Å². The molecule has 0 nitrogen and oxygen atoms in total. The zero-order valence-electron chi connectivity index (χ0n) is 18.0. The minimum absolute atomic E-state index is 0.826. The first-order valence-electron chi connectivity index (χ1n) is 10.7. The Morgan fingerprint density at radius 3 is 1.18 bits per heavy atom. The zero-order chi connectivity index (χ0) is 22.9. The van der Waals surface area contributed by atoms with E-state index in [1.165, 1.54) is 46.6 Å². The van der Waals surface area contributed by atoms with Gasteiger partial charge in [0.1, 0.15) is 0 Å². The predicted molar refractivity (Wildman–Crippen MR) is 136 cm³/mol. The Balaban J connectivity index is 0.000000141. The summed E-state index contributed by atoms with van der Waals surface area (Å²) in [6.07, 6.45) is 25.8. The van der Waals surface area contributed by atoms with E-state index in [4.69, 9.17) is 17.0 Å². The summed E-state index contributed by atoms with van der Waals surface area (Å²) in [6.45, 7) is 0. The summed E-state index contributed by atoms with van der Waals surface area (Å²) in [4.78, 5) is 0. The summed E-state index contributed by atoms with van der Waals surface area (Å²) in [5.74, 6) is 7.96. The third-order valence-corrected chi connectivity index (χ3v) is 5.53. The minimum atomic E-state index is -0.826. The third kappa shape index (κ3) is 6.51. The number of halogens is 2. The normalized spacial score (nSPS) is 20.4. The summed E-state index contributed by atoms with van der Waals surface area (Å²) in [5.41, 5.74) is 2.58. The Labute approximate surface area is 218 Å². The van der Waals surface area contributed by atoms with E-state index in [1.807, 2.05) is 0 Å². The van der Waals surface area contributed by atoms with Crippen LogP contribution in [-0.2, 0) is 20.8 Å². The molecule has 2 aromatic carbocycles. The molecule has 2 saturated carbocycles. The molecular weight excluding hydrogens is 522 g/mol. The van der Waals surface area contributed by atoms with Crippen LogP contribution in [0.3, 0.4) is 0 Å². The van der Waals surface area contributed by atoms with Gasteiger partial charge in [-0.1, -0.05) is 109 Å². The molecule has 0 N–H and O–H groups in total.